The summed E-state index contributed by atoms with van der Waals surface area (Å²) >= 11 is 1.42. The van der Waals surface area contributed by atoms with Crippen LogP contribution in [0.15, 0.2) is 36.4 Å². The van der Waals surface area contributed by atoms with Crippen LogP contribution in [0.1, 0.15) is 26.2 Å². The molecule has 3 N–H and O–H groups in total. The van der Waals surface area contributed by atoms with Crippen LogP contribution >= 0.6 is 23.7 Å². The van der Waals surface area contributed by atoms with E-state index in [1.54, 1.807) is 7.11 Å². The number of ether oxygens (including phenoxy) is 1. The lowest BCUT2D eigenvalue weighted by molar-refractivity contribution is 0.0952. The Balaban J connectivity index is 0.00000220. The standard InChI is InChI=1S/C15H18N2O2S.ClH/c1-10-8-13(19-2)14(20-10)15(18)17-9-12(16)11-6-4-3-5-7-11;/h3-8,12H,9,16H2,1-2H3,(H,17,18);1H. The highest BCUT2D eigenvalue weighted by Gasteiger charge is 2.16. The van der Waals surface area contributed by atoms with Gasteiger partial charge in [0.25, 0.3) is 5.91 Å². The highest BCUT2D eigenvalue weighted by Crippen LogP contribution is 2.28. The van der Waals surface area contributed by atoms with Crippen molar-refractivity contribution in [3.05, 3.63) is 51.7 Å². The number of amides is 1. The van der Waals surface area contributed by atoms with Crippen molar-refractivity contribution in [1.82, 2.24) is 5.32 Å². The number of nitrogens with one attached hydrogen (secondary N) is 1. The van der Waals surface area contributed by atoms with Gasteiger partial charge in [-0.05, 0) is 18.6 Å². The minimum absolute atomic E-state index is 0. The molecule has 0 saturated carbocycles. The minimum atomic E-state index is -0.216. The molecule has 0 fully saturated rings. The molecule has 1 aromatic carbocycles. The molecule has 21 heavy (non-hydrogen) atoms. The maximum atomic E-state index is 12.1. The van der Waals surface area contributed by atoms with Gasteiger partial charge >= 0.3 is 0 Å². The first-order valence-electron chi connectivity index (χ1n) is 6.35. The molecule has 6 heteroatoms. The van der Waals surface area contributed by atoms with Crippen LogP contribution in [-0.2, 0) is 0 Å². The first kappa shape index (κ1) is 17.5. The summed E-state index contributed by atoms with van der Waals surface area (Å²) in [7, 11) is 1.56. The Morgan fingerprint density at radius 2 is 2.05 bits per heavy atom. The molecule has 1 atom stereocenters. The Labute approximate surface area is 134 Å². The molecule has 2 aromatic rings. The Bertz CT molecular complexity index is 587. The van der Waals surface area contributed by atoms with Crippen molar-refractivity contribution in [3.63, 3.8) is 0 Å². The van der Waals surface area contributed by atoms with Crippen molar-refractivity contribution in [2.45, 2.75) is 13.0 Å². The van der Waals surface area contributed by atoms with Crippen molar-refractivity contribution in [2.24, 2.45) is 5.73 Å². The number of rotatable bonds is 5. The second-order valence-electron chi connectivity index (χ2n) is 4.48. The molecule has 0 saturated heterocycles. The monoisotopic (exact) mass is 326 g/mol. The van der Waals surface area contributed by atoms with E-state index in [1.807, 2.05) is 43.3 Å². The Hall–Kier alpha value is -1.56. The lowest BCUT2D eigenvalue weighted by atomic mass is 10.1. The number of benzene rings is 1. The van der Waals surface area contributed by atoms with Gasteiger partial charge < -0.3 is 15.8 Å². The van der Waals surface area contributed by atoms with E-state index in [0.717, 1.165) is 10.4 Å². The van der Waals surface area contributed by atoms with Crippen LogP contribution in [0.3, 0.4) is 0 Å². The second kappa shape index (κ2) is 8.02. The predicted molar refractivity (Wildman–Crippen MR) is 88.6 cm³/mol. The first-order chi connectivity index (χ1) is 9.61. The molecular weight excluding hydrogens is 308 g/mol. The van der Waals surface area contributed by atoms with Crippen molar-refractivity contribution >= 4 is 29.7 Å². The fourth-order valence-electron chi connectivity index (χ4n) is 1.90. The Morgan fingerprint density at radius 3 is 2.67 bits per heavy atom. The molecule has 0 spiro atoms. The van der Waals surface area contributed by atoms with Crippen molar-refractivity contribution in [2.75, 3.05) is 13.7 Å². The Morgan fingerprint density at radius 1 is 1.38 bits per heavy atom. The second-order valence-corrected chi connectivity index (χ2v) is 5.74. The van der Waals surface area contributed by atoms with Crippen LogP contribution in [0.4, 0.5) is 0 Å². The molecule has 0 bridgehead atoms. The maximum Gasteiger partial charge on any atom is 0.265 e. The molecule has 1 amide bonds. The first-order valence-corrected chi connectivity index (χ1v) is 7.16. The third-order valence-corrected chi connectivity index (χ3v) is 3.99. The molecule has 0 aliphatic heterocycles. The molecule has 0 radical (unpaired) electrons. The van der Waals surface area contributed by atoms with Crippen LogP contribution in [0.5, 0.6) is 5.75 Å². The molecule has 1 aromatic heterocycles. The topological polar surface area (TPSA) is 64.3 Å². The van der Waals surface area contributed by atoms with Gasteiger partial charge in [0.1, 0.15) is 10.6 Å². The zero-order chi connectivity index (χ0) is 14.5. The lowest BCUT2D eigenvalue weighted by Crippen LogP contribution is -2.31. The van der Waals surface area contributed by atoms with Gasteiger partial charge in [0, 0.05) is 17.5 Å². The van der Waals surface area contributed by atoms with E-state index >= 15 is 0 Å². The molecule has 1 heterocycles. The number of aryl methyl sites for hydroxylation is 1. The third-order valence-electron chi connectivity index (χ3n) is 2.96. The van der Waals surface area contributed by atoms with Crippen LogP contribution < -0.4 is 15.8 Å². The van der Waals surface area contributed by atoms with Crippen molar-refractivity contribution in [1.29, 1.82) is 0 Å². The van der Waals surface area contributed by atoms with E-state index in [9.17, 15) is 4.79 Å². The smallest absolute Gasteiger partial charge is 0.265 e. The fourth-order valence-corrected chi connectivity index (χ4v) is 2.80. The van der Waals surface area contributed by atoms with Crippen LogP contribution in [0.25, 0.3) is 0 Å². The number of thiophene rings is 1. The maximum absolute atomic E-state index is 12.1. The average Bonchev–Trinajstić information content (AvgIpc) is 2.86. The predicted octanol–water partition coefficient (Wildman–Crippen LogP) is 2.92. The summed E-state index contributed by atoms with van der Waals surface area (Å²) in [5.41, 5.74) is 7.06. The highest BCUT2D eigenvalue weighted by molar-refractivity contribution is 7.14. The fraction of sp³-hybridized carbons (Fsp3) is 0.267. The third kappa shape index (κ3) is 4.46. The number of carbonyl (C=O) groups excluding carboxylic acids is 1. The summed E-state index contributed by atoms with van der Waals surface area (Å²) in [5, 5.41) is 2.85. The van der Waals surface area contributed by atoms with E-state index in [1.165, 1.54) is 11.3 Å². The summed E-state index contributed by atoms with van der Waals surface area (Å²) in [4.78, 5) is 13.8. The van der Waals surface area contributed by atoms with Crippen LogP contribution in [-0.4, -0.2) is 19.6 Å². The molecule has 114 valence electrons. The number of nitrogens with two attached hydrogens (primary N) is 1. The van der Waals surface area contributed by atoms with Crippen LogP contribution in [0, 0.1) is 6.92 Å². The normalized spacial score (nSPS) is 11.4. The highest BCUT2D eigenvalue weighted by atomic mass is 35.5. The molecular formula is C15H19ClN2O2S. The van der Waals surface area contributed by atoms with Gasteiger partial charge in [-0.2, -0.15) is 0 Å². The number of carbonyl (C=O) groups is 1. The van der Waals surface area contributed by atoms with Crippen molar-refractivity contribution in [3.8, 4) is 5.75 Å². The van der Waals surface area contributed by atoms with Gasteiger partial charge in [0.05, 0.1) is 7.11 Å². The van der Waals surface area contributed by atoms with Gasteiger partial charge in [-0.1, -0.05) is 30.3 Å². The van der Waals surface area contributed by atoms with Crippen molar-refractivity contribution < 1.29 is 9.53 Å². The number of hydrogen-bond acceptors (Lipinski definition) is 4. The van der Waals surface area contributed by atoms with Gasteiger partial charge in [-0.15, -0.1) is 23.7 Å². The van der Waals surface area contributed by atoms with Crippen LogP contribution in [0.2, 0.25) is 0 Å². The Kier molecular flexibility index (Phi) is 6.68. The number of hydrogen-bond donors (Lipinski definition) is 2. The van der Waals surface area contributed by atoms with Gasteiger partial charge in [0.2, 0.25) is 0 Å². The van der Waals surface area contributed by atoms with Gasteiger partial charge in [-0.3, -0.25) is 4.79 Å². The minimum Gasteiger partial charge on any atom is -0.495 e. The van der Waals surface area contributed by atoms with E-state index in [2.05, 4.69) is 5.32 Å². The molecule has 1 unspecified atom stereocenters. The SMILES string of the molecule is COc1cc(C)sc1C(=O)NCC(N)c1ccccc1.Cl. The van der Waals surface area contributed by atoms with E-state index in [4.69, 9.17) is 10.5 Å². The summed E-state index contributed by atoms with van der Waals surface area (Å²) in [6.07, 6.45) is 0. The molecule has 4 nitrogen and oxygen atoms in total. The summed E-state index contributed by atoms with van der Waals surface area (Å²) in [5.74, 6) is 0.463. The lowest BCUT2D eigenvalue weighted by Gasteiger charge is -2.13. The summed E-state index contributed by atoms with van der Waals surface area (Å²) in [6.45, 7) is 2.34. The van der Waals surface area contributed by atoms with Gasteiger partial charge in [-0.25, -0.2) is 0 Å². The molecule has 2 rings (SSSR count). The van der Waals surface area contributed by atoms with E-state index in [-0.39, 0.29) is 24.4 Å². The van der Waals surface area contributed by atoms with Gasteiger partial charge in [0.15, 0.2) is 0 Å². The summed E-state index contributed by atoms with van der Waals surface area (Å²) < 4.78 is 5.20. The average molecular weight is 327 g/mol. The number of methoxy groups -OCH3 is 1. The van der Waals surface area contributed by atoms with E-state index in [0.29, 0.717) is 17.2 Å². The number of halogens is 1. The summed E-state index contributed by atoms with van der Waals surface area (Å²) in [6, 6.07) is 11.3. The van der Waals surface area contributed by atoms with E-state index < -0.39 is 0 Å². The quantitative estimate of drug-likeness (QED) is 0.888. The largest absolute Gasteiger partial charge is 0.495 e. The zero-order valence-corrected chi connectivity index (χ0v) is 13.6. The molecule has 0 aliphatic carbocycles. The molecule has 0 aliphatic rings. The zero-order valence-electron chi connectivity index (χ0n) is 12.0.